The molecular formula is C13H19N5O2S. The number of fused-ring (bicyclic) bond motifs is 1. The van der Waals surface area contributed by atoms with Crippen molar-refractivity contribution in [3.63, 3.8) is 0 Å². The fourth-order valence-corrected chi connectivity index (χ4v) is 2.89. The van der Waals surface area contributed by atoms with Crippen LogP contribution in [0.25, 0.3) is 10.3 Å². The Labute approximate surface area is 126 Å². The maximum absolute atomic E-state index is 12.4. The smallest absolute Gasteiger partial charge is 0.275 e. The SMILES string of the molecule is CCCCCN(C)C(=O)c1n[nH]c2nc(NC(C)=O)sc12. The highest BCUT2D eigenvalue weighted by Crippen LogP contribution is 2.27. The van der Waals surface area contributed by atoms with Gasteiger partial charge >= 0.3 is 0 Å². The van der Waals surface area contributed by atoms with Crippen molar-refractivity contribution < 1.29 is 9.59 Å². The molecule has 2 amide bonds. The lowest BCUT2D eigenvalue weighted by Gasteiger charge is -2.15. The molecule has 114 valence electrons. The molecule has 0 radical (unpaired) electrons. The minimum atomic E-state index is -0.191. The van der Waals surface area contributed by atoms with Gasteiger partial charge in [-0.05, 0) is 6.42 Å². The van der Waals surface area contributed by atoms with E-state index in [1.165, 1.54) is 18.3 Å². The van der Waals surface area contributed by atoms with Crippen molar-refractivity contribution in [2.45, 2.75) is 33.1 Å². The Morgan fingerprint density at radius 1 is 1.38 bits per heavy atom. The van der Waals surface area contributed by atoms with E-state index in [0.29, 0.717) is 27.7 Å². The molecule has 0 unspecified atom stereocenters. The molecule has 0 aliphatic heterocycles. The normalized spacial score (nSPS) is 10.8. The number of unbranched alkanes of at least 4 members (excludes halogenated alkanes) is 2. The highest BCUT2D eigenvalue weighted by Gasteiger charge is 2.21. The van der Waals surface area contributed by atoms with Gasteiger partial charge in [-0.25, -0.2) is 4.98 Å². The molecule has 0 saturated heterocycles. The Bertz CT molecular complexity index is 648. The molecule has 0 fully saturated rings. The highest BCUT2D eigenvalue weighted by atomic mass is 32.1. The molecule has 0 aromatic carbocycles. The zero-order valence-electron chi connectivity index (χ0n) is 12.4. The van der Waals surface area contributed by atoms with Crippen LogP contribution in [0.15, 0.2) is 0 Å². The van der Waals surface area contributed by atoms with Gasteiger partial charge in [0.2, 0.25) is 5.91 Å². The molecule has 0 atom stereocenters. The van der Waals surface area contributed by atoms with Gasteiger partial charge in [0.1, 0.15) is 4.70 Å². The Morgan fingerprint density at radius 3 is 2.81 bits per heavy atom. The molecule has 0 aliphatic carbocycles. The number of hydrogen-bond acceptors (Lipinski definition) is 5. The van der Waals surface area contributed by atoms with E-state index in [0.717, 1.165) is 19.3 Å². The minimum Gasteiger partial charge on any atom is -0.340 e. The summed E-state index contributed by atoms with van der Waals surface area (Å²) in [6.45, 7) is 4.25. The number of hydrogen-bond donors (Lipinski definition) is 2. The fourth-order valence-electron chi connectivity index (χ4n) is 1.95. The molecule has 0 spiro atoms. The molecule has 2 aromatic rings. The second-order valence-electron chi connectivity index (χ2n) is 4.88. The van der Waals surface area contributed by atoms with Gasteiger partial charge in [0.15, 0.2) is 16.5 Å². The van der Waals surface area contributed by atoms with Crippen LogP contribution in [0.3, 0.4) is 0 Å². The summed E-state index contributed by atoms with van der Waals surface area (Å²) in [6, 6.07) is 0. The second-order valence-corrected chi connectivity index (χ2v) is 5.88. The third kappa shape index (κ3) is 3.57. The number of rotatable bonds is 6. The van der Waals surface area contributed by atoms with E-state index in [1.807, 2.05) is 0 Å². The van der Waals surface area contributed by atoms with Crippen LogP contribution in [-0.4, -0.2) is 45.5 Å². The van der Waals surface area contributed by atoms with E-state index in [1.54, 1.807) is 11.9 Å². The lowest BCUT2D eigenvalue weighted by atomic mass is 10.2. The summed E-state index contributed by atoms with van der Waals surface area (Å²) in [6.07, 6.45) is 3.19. The summed E-state index contributed by atoms with van der Waals surface area (Å²) in [5, 5.41) is 9.86. The van der Waals surface area contributed by atoms with Crippen LogP contribution in [0.2, 0.25) is 0 Å². The number of carbonyl (C=O) groups is 2. The average Bonchev–Trinajstić information content (AvgIpc) is 2.96. The topological polar surface area (TPSA) is 91.0 Å². The first-order valence-electron chi connectivity index (χ1n) is 6.91. The monoisotopic (exact) mass is 309 g/mol. The maximum atomic E-state index is 12.4. The molecule has 0 saturated carbocycles. The summed E-state index contributed by atoms with van der Waals surface area (Å²) >= 11 is 1.25. The van der Waals surface area contributed by atoms with Gasteiger partial charge in [0.05, 0.1) is 0 Å². The Hall–Kier alpha value is -1.96. The van der Waals surface area contributed by atoms with Crippen molar-refractivity contribution in [1.29, 1.82) is 0 Å². The van der Waals surface area contributed by atoms with E-state index in [-0.39, 0.29) is 11.8 Å². The first kappa shape index (κ1) is 15.4. The lowest BCUT2D eigenvalue weighted by molar-refractivity contribution is -0.114. The number of H-pyrrole nitrogens is 1. The standard InChI is InChI=1S/C13H19N5O2S/c1-4-5-6-7-18(3)12(20)9-10-11(17-16-9)15-13(21-10)14-8(2)19/h4-7H2,1-3H3,(H2,14,15,16,17,19). The van der Waals surface area contributed by atoms with Crippen molar-refractivity contribution in [3.8, 4) is 0 Å². The van der Waals surface area contributed by atoms with Gasteiger partial charge in [-0.1, -0.05) is 31.1 Å². The van der Waals surface area contributed by atoms with E-state index in [2.05, 4.69) is 27.4 Å². The number of amides is 2. The van der Waals surface area contributed by atoms with E-state index >= 15 is 0 Å². The fraction of sp³-hybridized carbons (Fsp3) is 0.538. The van der Waals surface area contributed by atoms with Crippen LogP contribution < -0.4 is 5.32 Å². The minimum absolute atomic E-state index is 0.129. The van der Waals surface area contributed by atoms with Gasteiger partial charge in [-0.15, -0.1) is 0 Å². The third-order valence-corrected chi connectivity index (χ3v) is 4.02. The first-order valence-corrected chi connectivity index (χ1v) is 7.72. The van der Waals surface area contributed by atoms with Gasteiger partial charge < -0.3 is 10.2 Å². The molecule has 2 heterocycles. The molecule has 7 nitrogen and oxygen atoms in total. The number of nitrogens with zero attached hydrogens (tertiary/aromatic N) is 3. The van der Waals surface area contributed by atoms with Crippen LogP contribution in [0, 0.1) is 0 Å². The zero-order valence-corrected chi connectivity index (χ0v) is 13.2. The van der Waals surface area contributed by atoms with Gasteiger partial charge in [0, 0.05) is 20.5 Å². The second kappa shape index (κ2) is 6.66. The van der Waals surface area contributed by atoms with Crippen molar-refractivity contribution in [2.75, 3.05) is 18.9 Å². The van der Waals surface area contributed by atoms with Crippen LogP contribution in [-0.2, 0) is 4.79 Å². The molecular weight excluding hydrogens is 290 g/mol. The molecule has 2 aromatic heterocycles. The predicted molar refractivity (Wildman–Crippen MR) is 82.6 cm³/mol. The molecule has 0 bridgehead atoms. The summed E-state index contributed by atoms with van der Waals surface area (Å²) in [5.41, 5.74) is 0.882. The number of carbonyl (C=O) groups excluding carboxylic acids is 2. The van der Waals surface area contributed by atoms with Gasteiger partial charge in [-0.2, -0.15) is 5.10 Å². The number of thiazole rings is 1. The number of nitrogens with one attached hydrogen (secondary N) is 2. The maximum Gasteiger partial charge on any atom is 0.275 e. The first-order chi connectivity index (χ1) is 10.0. The average molecular weight is 309 g/mol. The predicted octanol–water partition coefficient (Wildman–Crippen LogP) is 2.24. The number of aromatic amines is 1. The Morgan fingerprint density at radius 2 is 2.14 bits per heavy atom. The number of anilines is 1. The molecule has 21 heavy (non-hydrogen) atoms. The summed E-state index contributed by atoms with van der Waals surface area (Å²) < 4.78 is 0.672. The Kier molecular flexibility index (Phi) is 4.89. The number of aromatic nitrogens is 3. The Balaban J connectivity index is 2.15. The molecule has 2 rings (SSSR count). The van der Waals surface area contributed by atoms with Crippen LogP contribution >= 0.6 is 11.3 Å². The van der Waals surface area contributed by atoms with E-state index < -0.39 is 0 Å². The molecule has 8 heteroatoms. The summed E-state index contributed by atoms with van der Waals surface area (Å²) in [7, 11) is 1.77. The van der Waals surface area contributed by atoms with Crippen LogP contribution in [0.4, 0.5) is 5.13 Å². The van der Waals surface area contributed by atoms with Gasteiger partial charge in [-0.3, -0.25) is 14.7 Å². The van der Waals surface area contributed by atoms with Gasteiger partial charge in [0.25, 0.3) is 5.91 Å². The molecule has 2 N–H and O–H groups in total. The lowest BCUT2D eigenvalue weighted by Crippen LogP contribution is -2.28. The summed E-state index contributed by atoms with van der Waals surface area (Å²) in [4.78, 5) is 29.3. The van der Waals surface area contributed by atoms with E-state index in [4.69, 9.17) is 0 Å². The molecule has 0 aliphatic rings. The largest absolute Gasteiger partial charge is 0.340 e. The summed E-state index contributed by atoms with van der Waals surface area (Å²) in [5.74, 6) is -0.320. The quantitative estimate of drug-likeness (QED) is 0.801. The van der Waals surface area contributed by atoms with E-state index in [9.17, 15) is 9.59 Å². The highest BCUT2D eigenvalue weighted by molar-refractivity contribution is 7.22. The van der Waals surface area contributed by atoms with Crippen molar-refractivity contribution in [2.24, 2.45) is 0 Å². The third-order valence-electron chi connectivity index (χ3n) is 3.05. The van der Waals surface area contributed by atoms with Crippen molar-refractivity contribution >= 4 is 38.6 Å². The van der Waals surface area contributed by atoms with Crippen molar-refractivity contribution in [3.05, 3.63) is 5.69 Å². The van der Waals surface area contributed by atoms with Crippen LogP contribution in [0.1, 0.15) is 43.6 Å². The van der Waals surface area contributed by atoms with Crippen molar-refractivity contribution in [1.82, 2.24) is 20.1 Å². The zero-order chi connectivity index (χ0) is 15.4. The van der Waals surface area contributed by atoms with Crippen LogP contribution in [0.5, 0.6) is 0 Å².